The smallest absolute Gasteiger partial charge is 0.365 e. The lowest BCUT2D eigenvalue weighted by Crippen LogP contribution is -2.02. The maximum Gasteiger partial charge on any atom is 0.365 e. The molecule has 0 fully saturated rings. The van der Waals surface area contributed by atoms with E-state index in [0.717, 1.165) is 28.2 Å². The second-order valence-electron chi connectivity index (χ2n) is 5.03. The minimum atomic E-state index is -1.02. The predicted molar refractivity (Wildman–Crippen MR) is 83.7 cm³/mol. The number of halogens is 1. The van der Waals surface area contributed by atoms with Gasteiger partial charge in [0, 0.05) is 10.4 Å². The Balaban J connectivity index is 2.18. The fourth-order valence-electron chi connectivity index (χ4n) is 1.87. The SMILES string of the molecule is Cc1cc(OCc2csc(C(=O)O)n2)c(C(C)C)cc1Cl. The molecule has 2 rings (SSSR count). The number of benzene rings is 1. The van der Waals surface area contributed by atoms with Gasteiger partial charge in [-0.15, -0.1) is 11.3 Å². The number of thiazole rings is 1. The summed E-state index contributed by atoms with van der Waals surface area (Å²) in [4.78, 5) is 14.8. The molecule has 0 aliphatic heterocycles. The van der Waals surface area contributed by atoms with Gasteiger partial charge in [-0.3, -0.25) is 0 Å². The van der Waals surface area contributed by atoms with E-state index in [1.54, 1.807) is 5.38 Å². The first-order valence-corrected chi connectivity index (χ1v) is 7.74. The third-order valence-electron chi connectivity index (χ3n) is 3.02. The fourth-order valence-corrected chi connectivity index (χ4v) is 2.68. The van der Waals surface area contributed by atoms with Crippen LogP contribution in [0.1, 0.15) is 46.4 Å². The highest BCUT2D eigenvalue weighted by Gasteiger charge is 2.13. The summed E-state index contributed by atoms with van der Waals surface area (Å²) in [5.74, 6) is 0.0244. The second kappa shape index (κ2) is 6.45. The maximum absolute atomic E-state index is 10.8. The summed E-state index contributed by atoms with van der Waals surface area (Å²) in [6.45, 7) is 6.30. The standard InChI is InChI=1S/C15H16ClNO3S/c1-8(2)11-5-12(16)9(3)4-13(11)20-6-10-7-21-14(17-10)15(18)19/h4-5,7-8H,6H2,1-3H3,(H,18,19). The molecule has 1 aromatic heterocycles. The molecule has 0 unspecified atom stereocenters. The molecule has 1 N–H and O–H groups in total. The van der Waals surface area contributed by atoms with Crippen LogP contribution >= 0.6 is 22.9 Å². The molecule has 0 atom stereocenters. The van der Waals surface area contributed by atoms with Crippen molar-refractivity contribution in [2.24, 2.45) is 0 Å². The van der Waals surface area contributed by atoms with Gasteiger partial charge >= 0.3 is 5.97 Å². The van der Waals surface area contributed by atoms with E-state index < -0.39 is 5.97 Å². The van der Waals surface area contributed by atoms with Crippen molar-refractivity contribution in [3.05, 3.63) is 44.4 Å². The Kier molecular flexibility index (Phi) is 4.85. The van der Waals surface area contributed by atoms with E-state index in [4.69, 9.17) is 21.4 Å². The van der Waals surface area contributed by atoms with Crippen molar-refractivity contribution in [1.29, 1.82) is 0 Å². The number of aryl methyl sites for hydroxylation is 1. The van der Waals surface area contributed by atoms with E-state index in [2.05, 4.69) is 18.8 Å². The third-order valence-corrected chi connectivity index (χ3v) is 4.31. The van der Waals surface area contributed by atoms with Gasteiger partial charge in [0.05, 0.1) is 5.69 Å². The molecule has 0 amide bonds. The highest BCUT2D eigenvalue weighted by molar-refractivity contribution is 7.11. The first kappa shape index (κ1) is 15.8. The van der Waals surface area contributed by atoms with Crippen molar-refractivity contribution in [1.82, 2.24) is 4.98 Å². The van der Waals surface area contributed by atoms with Crippen molar-refractivity contribution in [3.63, 3.8) is 0 Å². The lowest BCUT2D eigenvalue weighted by atomic mass is 10.0. The summed E-state index contributed by atoms with van der Waals surface area (Å²) in [7, 11) is 0. The van der Waals surface area contributed by atoms with E-state index in [1.807, 2.05) is 19.1 Å². The van der Waals surface area contributed by atoms with Crippen LogP contribution in [-0.2, 0) is 6.61 Å². The molecule has 1 aromatic carbocycles. The fraction of sp³-hybridized carbons (Fsp3) is 0.333. The van der Waals surface area contributed by atoms with Crippen LogP contribution in [-0.4, -0.2) is 16.1 Å². The van der Waals surface area contributed by atoms with Crippen LogP contribution in [0.3, 0.4) is 0 Å². The Morgan fingerprint density at radius 2 is 2.19 bits per heavy atom. The Morgan fingerprint density at radius 1 is 1.48 bits per heavy atom. The Labute approximate surface area is 132 Å². The van der Waals surface area contributed by atoms with Crippen LogP contribution in [0.25, 0.3) is 0 Å². The zero-order chi connectivity index (χ0) is 15.6. The minimum absolute atomic E-state index is 0.0740. The second-order valence-corrected chi connectivity index (χ2v) is 6.30. The van der Waals surface area contributed by atoms with Crippen LogP contribution in [0.4, 0.5) is 0 Å². The average Bonchev–Trinajstić information content (AvgIpc) is 2.88. The topological polar surface area (TPSA) is 59.4 Å². The normalized spacial score (nSPS) is 10.9. The molecule has 0 bridgehead atoms. The van der Waals surface area contributed by atoms with E-state index >= 15 is 0 Å². The number of carboxylic acids is 1. The lowest BCUT2D eigenvalue weighted by molar-refractivity contribution is 0.0696. The number of aromatic nitrogens is 1. The molecule has 0 radical (unpaired) electrons. The van der Waals surface area contributed by atoms with Crippen LogP contribution in [0.15, 0.2) is 17.5 Å². The van der Waals surface area contributed by atoms with Crippen LogP contribution in [0.2, 0.25) is 5.02 Å². The zero-order valence-corrected chi connectivity index (χ0v) is 13.6. The number of hydrogen-bond donors (Lipinski definition) is 1. The van der Waals surface area contributed by atoms with Crippen LogP contribution in [0, 0.1) is 6.92 Å². The summed E-state index contributed by atoms with van der Waals surface area (Å²) < 4.78 is 5.81. The zero-order valence-electron chi connectivity index (χ0n) is 12.0. The molecule has 0 saturated carbocycles. The molecular weight excluding hydrogens is 310 g/mol. The van der Waals surface area contributed by atoms with E-state index in [1.165, 1.54) is 0 Å². The van der Waals surface area contributed by atoms with Gasteiger partial charge in [-0.2, -0.15) is 0 Å². The monoisotopic (exact) mass is 325 g/mol. The summed E-state index contributed by atoms with van der Waals surface area (Å²) >= 11 is 7.25. The average molecular weight is 326 g/mol. The van der Waals surface area contributed by atoms with Crippen molar-refractivity contribution in [3.8, 4) is 5.75 Å². The third kappa shape index (κ3) is 3.74. The predicted octanol–water partition coefficient (Wildman–Crippen LogP) is 4.51. The summed E-state index contributed by atoms with van der Waals surface area (Å²) in [5, 5.41) is 11.3. The molecule has 2 aromatic rings. The van der Waals surface area contributed by atoms with Crippen molar-refractivity contribution in [2.45, 2.75) is 33.3 Å². The number of aromatic carboxylic acids is 1. The number of hydrogen-bond acceptors (Lipinski definition) is 4. The summed E-state index contributed by atoms with van der Waals surface area (Å²) in [5.41, 5.74) is 2.58. The van der Waals surface area contributed by atoms with Gasteiger partial charge in [-0.05, 0) is 36.1 Å². The molecule has 1 heterocycles. The molecule has 0 aliphatic carbocycles. The highest BCUT2D eigenvalue weighted by atomic mass is 35.5. The molecule has 6 heteroatoms. The number of nitrogens with zero attached hydrogens (tertiary/aromatic N) is 1. The van der Waals surface area contributed by atoms with Gasteiger partial charge in [-0.25, -0.2) is 9.78 Å². The van der Waals surface area contributed by atoms with Crippen molar-refractivity contribution in [2.75, 3.05) is 0 Å². The first-order valence-electron chi connectivity index (χ1n) is 6.49. The number of ether oxygens (including phenoxy) is 1. The summed E-state index contributed by atoms with van der Waals surface area (Å²) in [6, 6.07) is 3.82. The number of rotatable bonds is 5. The Hall–Kier alpha value is -1.59. The van der Waals surface area contributed by atoms with Gasteiger partial charge in [0.15, 0.2) is 0 Å². The highest BCUT2D eigenvalue weighted by Crippen LogP contribution is 2.32. The van der Waals surface area contributed by atoms with Crippen molar-refractivity contribution >= 4 is 28.9 Å². The molecule has 0 saturated heterocycles. The minimum Gasteiger partial charge on any atom is -0.487 e. The van der Waals surface area contributed by atoms with E-state index in [9.17, 15) is 4.79 Å². The Bertz CT molecular complexity index is 667. The first-order chi connectivity index (χ1) is 9.88. The quantitative estimate of drug-likeness (QED) is 0.879. The number of carboxylic acid groups (broad SMARTS) is 1. The van der Waals surface area contributed by atoms with Gasteiger partial charge in [0.2, 0.25) is 5.01 Å². The van der Waals surface area contributed by atoms with Crippen molar-refractivity contribution < 1.29 is 14.6 Å². The van der Waals surface area contributed by atoms with Crippen LogP contribution < -0.4 is 4.74 Å². The molecule has 4 nitrogen and oxygen atoms in total. The van der Waals surface area contributed by atoms with E-state index in [-0.39, 0.29) is 17.5 Å². The molecular formula is C15H16ClNO3S. The molecule has 21 heavy (non-hydrogen) atoms. The maximum atomic E-state index is 10.8. The largest absolute Gasteiger partial charge is 0.487 e. The molecule has 112 valence electrons. The van der Waals surface area contributed by atoms with Gasteiger partial charge in [-0.1, -0.05) is 25.4 Å². The lowest BCUT2D eigenvalue weighted by Gasteiger charge is -2.15. The summed E-state index contributed by atoms with van der Waals surface area (Å²) in [6.07, 6.45) is 0. The number of carbonyl (C=O) groups is 1. The van der Waals surface area contributed by atoms with Gasteiger partial charge in [0.25, 0.3) is 0 Å². The Morgan fingerprint density at radius 3 is 2.76 bits per heavy atom. The van der Waals surface area contributed by atoms with Gasteiger partial charge in [0.1, 0.15) is 12.4 Å². The van der Waals surface area contributed by atoms with Gasteiger partial charge < -0.3 is 9.84 Å². The van der Waals surface area contributed by atoms with Crippen LogP contribution in [0.5, 0.6) is 5.75 Å². The molecule has 0 aliphatic rings. The molecule has 0 spiro atoms. The van der Waals surface area contributed by atoms with E-state index in [0.29, 0.717) is 10.7 Å².